The van der Waals surface area contributed by atoms with Crippen LogP contribution in [0, 0.1) is 0 Å². The highest BCUT2D eigenvalue weighted by Crippen LogP contribution is 2.23. The van der Waals surface area contributed by atoms with Crippen LogP contribution < -0.4 is 5.73 Å². The van der Waals surface area contributed by atoms with E-state index in [4.69, 9.17) is 17.3 Å². The maximum atomic E-state index is 6.21. The van der Waals surface area contributed by atoms with E-state index in [0.29, 0.717) is 29.0 Å². The molecule has 0 unspecified atom stereocenters. The van der Waals surface area contributed by atoms with Crippen molar-refractivity contribution < 1.29 is 0 Å². The van der Waals surface area contributed by atoms with Crippen LogP contribution in [-0.2, 0) is 6.42 Å². The van der Waals surface area contributed by atoms with Gasteiger partial charge in [0, 0.05) is 18.3 Å². The monoisotopic (exact) mass is 285 g/mol. The average Bonchev–Trinajstić information content (AvgIpc) is 2.74. The third-order valence-corrected chi connectivity index (χ3v) is 3.08. The molecule has 2 aromatic heterocycles. The van der Waals surface area contributed by atoms with E-state index in [9.17, 15) is 0 Å². The second-order valence-electron chi connectivity index (χ2n) is 4.37. The number of fused-ring (bicyclic) bond motifs is 1. The summed E-state index contributed by atoms with van der Waals surface area (Å²) in [4.78, 5) is 12.9. The molecule has 1 aromatic carbocycles. The predicted molar refractivity (Wildman–Crippen MR) is 78.7 cm³/mol. The zero-order valence-electron chi connectivity index (χ0n) is 10.6. The van der Waals surface area contributed by atoms with Gasteiger partial charge in [-0.1, -0.05) is 18.7 Å². The van der Waals surface area contributed by atoms with Gasteiger partial charge in [-0.05, 0) is 29.8 Å². The van der Waals surface area contributed by atoms with Crippen LogP contribution in [0.15, 0.2) is 48.8 Å². The van der Waals surface area contributed by atoms with Crippen molar-refractivity contribution in [2.24, 2.45) is 5.73 Å². The van der Waals surface area contributed by atoms with E-state index < -0.39 is 0 Å². The summed E-state index contributed by atoms with van der Waals surface area (Å²) in [6.45, 7) is 3.66. The Balaban J connectivity index is 2.15. The Bertz CT molecular complexity index is 793. The lowest BCUT2D eigenvalue weighted by Gasteiger charge is -2.06. The van der Waals surface area contributed by atoms with Crippen LogP contribution in [-0.4, -0.2) is 19.5 Å². The Hall–Kier alpha value is -2.40. The number of nitrogens with two attached hydrogens (primary N) is 1. The number of benzene rings is 1. The van der Waals surface area contributed by atoms with Crippen molar-refractivity contribution in [2.75, 3.05) is 0 Å². The Morgan fingerprint density at radius 2 is 2.05 bits per heavy atom. The van der Waals surface area contributed by atoms with Gasteiger partial charge < -0.3 is 5.73 Å². The van der Waals surface area contributed by atoms with Gasteiger partial charge in [0.25, 0.3) is 0 Å². The molecule has 0 saturated heterocycles. The van der Waals surface area contributed by atoms with E-state index in [0.717, 1.165) is 11.0 Å². The molecule has 3 aromatic rings. The minimum atomic E-state index is 0.363. The minimum Gasteiger partial charge on any atom is -0.402 e. The van der Waals surface area contributed by atoms with Crippen molar-refractivity contribution in [1.82, 2.24) is 19.5 Å². The quantitative estimate of drug-likeness (QED) is 0.802. The molecule has 5 nitrogen and oxygen atoms in total. The van der Waals surface area contributed by atoms with Gasteiger partial charge in [0.1, 0.15) is 11.6 Å². The fraction of sp³-hybridized carbons (Fsp3) is 0.0714. The van der Waals surface area contributed by atoms with Gasteiger partial charge in [0.05, 0.1) is 11.0 Å². The highest BCUT2D eigenvalue weighted by molar-refractivity contribution is 6.29. The fourth-order valence-corrected chi connectivity index (χ4v) is 2.28. The van der Waals surface area contributed by atoms with E-state index in [2.05, 4.69) is 21.5 Å². The van der Waals surface area contributed by atoms with Gasteiger partial charge in [0.2, 0.25) is 5.28 Å². The minimum absolute atomic E-state index is 0.363. The summed E-state index contributed by atoms with van der Waals surface area (Å²) in [7, 11) is 0. The number of aromatic nitrogens is 4. The molecule has 0 aliphatic heterocycles. The molecule has 2 N–H and O–H groups in total. The summed E-state index contributed by atoms with van der Waals surface area (Å²) >= 11 is 6.21. The molecule has 0 spiro atoms. The maximum absolute atomic E-state index is 6.21. The second kappa shape index (κ2) is 4.94. The molecule has 100 valence electrons. The van der Waals surface area contributed by atoms with E-state index in [1.807, 2.05) is 24.3 Å². The zero-order valence-corrected chi connectivity index (χ0v) is 11.4. The van der Waals surface area contributed by atoms with Crippen LogP contribution >= 0.6 is 11.6 Å². The lowest BCUT2D eigenvalue weighted by Crippen LogP contribution is -2.06. The normalized spacial score (nSPS) is 10.8. The summed E-state index contributed by atoms with van der Waals surface area (Å²) in [6.07, 6.45) is 2.10. The van der Waals surface area contributed by atoms with Gasteiger partial charge in [-0.3, -0.25) is 4.57 Å². The van der Waals surface area contributed by atoms with Crippen molar-refractivity contribution in [2.45, 2.75) is 6.42 Å². The molecule has 0 aliphatic carbocycles. The zero-order chi connectivity index (χ0) is 14.1. The number of para-hydroxylation sites is 2. The highest BCUT2D eigenvalue weighted by atomic mass is 35.5. The van der Waals surface area contributed by atoms with Gasteiger partial charge >= 0.3 is 0 Å². The third-order valence-electron chi connectivity index (χ3n) is 2.82. The molecule has 0 aliphatic rings. The first-order chi connectivity index (χ1) is 9.65. The Labute approximate surface area is 120 Å². The Kier molecular flexibility index (Phi) is 3.12. The fourth-order valence-electron chi connectivity index (χ4n) is 2.02. The molecular weight excluding hydrogens is 274 g/mol. The van der Waals surface area contributed by atoms with E-state index in [-0.39, 0.29) is 0 Å². The van der Waals surface area contributed by atoms with Crippen LogP contribution in [0.1, 0.15) is 5.82 Å². The SMILES string of the molecule is C=C(N)Cc1nccc(-n2c(Cl)nc3ccccc32)n1. The summed E-state index contributed by atoms with van der Waals surface area (Å²) in [5.74, 6) is 1.26. The number of rotatable bonds is 3. The maximum Gasteiger partial charge on any atom is 0.209 e. The largest absolute Gasteiger partial charge is 0.402 e. The van der Waals surface area contributed by atoms with Gasteiger partial charge in [0.15, 0.2) is 0 Å². The summed E-state index contributed by atoms with van der Waals surface area (Å²) in [6, 6.07) is 9.47. The molecule has 0 bridgehead atoms. The average molecular weight is 286 g/mol. The van der Waals surface area contributed by atoms with Crippen LogP contribution in [0.2, 0.25) is 5.28 Å². The third kappa shape index (κ3) is 2.23. The summed E-state index contributed by atoms with van der Waals surface area (Å²) < 4.78 is 1.78. The van der Waals surface area contributed by atoms with Crippen LogP contribution in [0.4, 0.5) is 0 Å². The lowest BCUT2D eigenvalue weighted by molar-refractivity contribution is 0.902. The number of allylic oxidation sites excluding steroid dienone is 1. The van der Waals surface area contributed by atoms with Gasteiger partial charge in [-0.25, -0.2) is 15.0 Å². The predicted octanol–water partition coefficient (Wildman–Crippen LogP) is 2.48. The number of hydrogen-bond acceptors (Lipinski definition) is 4. The first-order valence-electron chi connectivity index (χ1n) is 6.03. The lowest BCUT2D eigenvalue weighted by atomic mass is 10.3. The highest BCUT2D eigenvalue weighted by Gasteiger charge is 2.11. The smallest absolute Gasteiger partial charge is 0.209 e. The molecule has 2 heterocycles. The van der Waals surface area contributed by atoms with E-state index in [1.165, 1.54) is 0 Å². The molecule has 0 saturated carbocycles. The van der Waals surface area contributed by atoms with Crippen molar-refractivity contribution >= 4 is 22.6 Å². The molecule has 0 amide bonds. The second-order valence-corrected chi connectivity index (χ2v) is 4.71. The van der Waals surface area contributed by atoms with Gasteiger partial charge in [-0.2, -0.15) is 0 Å². The molecule has 6 heteroatoms. The molecule has 0 atom stereocenters. The van der Waals surface area contributed by atoms with Crippen molar-refractivity contribution in [1.29, 1.82) is 0 Å². The Morgan fingerprint density at radius 3 is 2.85 bits per heavy atom. The number of nitrogens with zero attached hydrogens (tertiary/aromatic N) is 4. The summed E-state index contributed by atoms with van der Waals surface area (Å²) in [5, 5.41) is 0.363. The van der Waals surface area contributed by atoms with Crippen molar-refractivity contribution in [3.63, 3.8) is 0 Å². The van der Waals surface area contributed by atoms with Crippen LogP contribution in [0.25, 0.3) is 16.9 Å². The number of imidazole rings is 1. The van der Waals surface area contributed by atoms with Crippen molar-refractivity contribution in [3.8, 4) is 5.82 Å². The molecule has 3 rings (SSSR count). The molecule has 0 fully saturated rings. The van der Waals surface area contributed by atoms with Crippen LogP contribution in [0.3, 0.4) is 0 Å². The molecule has 0 radical (unpaired) electrons. The number of hydrogen-bond donors (Lipinski definition) is 1. The standard InChI is InChI=1S/C14H12ClN5/c1-9(16)8-12-17-7-6-13(19-12)20-11-5-3-2-4-10(11)18-14(20)15/h2-7H,1,8,16H2. The topological polar surface area (TPSA) is 69.6 Å². The van der Waals surface area contributed by atoms with E-state index >= 15 is 0 Å². The molecular formula is C14H12ClN5. The van der Waals surface area contributed by atoms with Crippen molar-refractivity contribution in [3.05, 3.63) is 59.9 Å². The first-order valence-corrected chi connectivity index (χ1v) is 6.41. The first kappa shape index (κ1) is 12.6. The number of halogens is 1. The Morgan fingerprint density at radius 1 is 1.25 bits per heavy atom. The van der Waals surface area contributed by atoms with Gasteiger partial charge in [-0.15, -0.1) is 0 Å². The van der Waals surface area contributed by atoms with E-state index in [1.54, 1.807) is 16.8 Å². The van der Waals surface area contributed by atoms with Crippen LogP contribution in [0.5, 0.6) is 0 Å². The summed E-state index contributed by atoms with van der Waals surface area (Å²) in [5.41, 5.74) is 7.83. The molecule has 20 heavy (non-hydrogen) atoms.